The third-order valence-corrected chi connectivity index (χ3v) is 6.50. The van der Waals surface area contributed by atoms with Crippen molar-refractivity contribution in [2.24, 2.45) is 5.73 Å². The van der Waals surface area contributed by atoms with E-state index >= 15 is 0 Å². The molecule has 1 aromatic carbocycles. The minimum absolute atomic E-state index is 0.0916. The minimum Gasteiger partial charge on any atom is -0.481 e. The van der Waals surface area contributed by atoms with E-state index in [0.29, 0.717) is 6.04 Å². The summed E-state index contributed by atoms with van der Waals surface area (Å²) in [5.41, 5.74) is 8.14. The molecular weight excluding hydrogens is 382 g/mol. The summed E-state index contributed by atoms with van der Waals surface area (Å²) in [5, 5.41) is 8.86. The highest BCUT2D eigenvalue weighted by Gasteiger charge is 2.09. The summed E-state index contributed by atoms with van der Waals surface area (Å²) in [6.45, 7) is 4.25. The van der Waals surface area contributed by atoms with Gasteiger partial charge in [0, 0.05) is 6.04 Å². The maximum atomic E-state index is 10.8. The Bertz CT molecular complexity index is 549. The van der Waals surface area contributed by atoms with Crippen LogP contribution in [0.4, 0.5) is 0 Å². The summed E-state index contributed by atoms with van der Waals surface area (Å²) in [6.07, 6.45) is 21.7. The average Bonchev–Trinajstić information content (AvgIpc) is 2.76. The van der Waals surface area contributed by atoms with E-state index in [1.807, 2.05) is 6.92 Å². The van der Waals surface area contributed by atoms with Crippen molar-refractivity contribution >= 4 is 5.97 Å². The van der Waals surface area contributed by atoms with Crippen LogP contribution in [0.2, 0.25) is 0 Å². The zero-order valence-electron chi connectivity index (χ0n) is 20.4. The topological polar surface area (TPSA) is 63.3 Å². The van der Waals surface area contributed by atoms with Crippen molar-refractivity contribution in [2.75, 3.05) is 0 Å². The average molecular weight is 432 g/mol. The van der Waals surface area contributed by atoms with Gasteiger partial charge in [0.15, 0.2) is 0 Å². The molecule has 0 aliphatic heterocycles. The Labute approximate surface area is 192 Å². The zero-order valence-corrected chi connectivity index (χ0v) is 20.4. The SMILES string of the molecule is CCCCCCCCCCCCc1ccc(C(C)CC(=O)O)cc1.NC1CCCCC1. The van der Waals surface area contributed by atoms with Crippen molar-refractivity contribution in [3.8, 4) is 0 Å². The number of hydrogen-bond donors (Lipinski definition) is 2. The number of aryl methyl sites for hydroxylation is 1. The van der Waals surface area contributed by atoms with Crippen LogP contribution in [0.3, 0.4) is 0 Å². The second kappa shape index (κ2) is 18.2. The molecule has 0 heterocycles. The molecule has 0 saturated heterocycles. The highest BCUT2D eigenvalue weighted by atomic mass is 16.4. The van der Waals surface area contributed by atoms with Gasteiger partial charge >= 0.3 is 5.97 Å². The molecule has 3 N–H and O–H groups in total. The van der Waals surface area contributed by atoms with Gasteiger partial charge in [0.2, 0.25) is 0 Å². The molecule has 1 unspecified atom stereocenters. The molecule has 0 spiro atoms. The lowest BCUT2D eigenvalue weighted by Gasteiger charge is -2.15. The summed E-state index contributed by atoms with van der Waals surface area (Å²) >= 11 is 0. The van der Waals surface area contributed by atoms with Crippen LogP contribution in [0, 0.1) is 0 Å². The summed E-state index contributed by atoms with van der Waals surface area (Å²) in [7, 11) is 0. The molecule has 31 heavy (non-hydrogen) atoms. The number of unbranched alkanes of at least 4 members (excludes halogenated alkanes) is 9. The number of carboxylic acid groups (broad SMARTS) is 1. The fraction of sp³-hybridized carbons (Fsp3) is 0.750. The Morgan fingerprint density at radius 3 is 1.87 bits per heavy atom. The Balaban J connectivity index is 0.000000577. The number of aliphatic carboxylic acids is 1. The van der Waals surface area contributed by atoms with E-state index in [4.69, 9.17) is 10.8 Å². The molecule has 2 rings (SSSR count). The lowest BCUT2D eigenvalue weighted by Crippen LogP contribution is -2.22. The van der Waals surface area contributed by atoms with Crippen LogP contribution in [0.1, 0.15) is 134 Å². The maximum absolute atomic E-state index is 10.8. The van der Waals surface area contributed by atoms with Gasteiger partial charge in [-0.25, -0.2) is 0 Å². The van der Waals surface area contributed by atoms with Gasteiger partial charge < -0.3 is 10.8 Å². The Morgan fingerprint density at radius 2 is 1.42 bits per heavy atom. The number of hydrogen-bond acceptors (Lipinski definition) is 2. The van der Waals surface area contributed by atoms with E-state index in [-0.39, 0.29) is 12.3 Å². The van der Waals surface area contributed by atoms with E-state index in [2.05, 4.69) is 31.2 Å². The van der Waals surface area contributed by atoms with Gasteiger partial charge in [-0.05, 0) is 42.7 Å². The van der Waals surface area contributed by atoms with Crippen molar-refractivity contribution in [3.05, 3.63) is 35.4 Å². The fourth-order valence-corrected chi connectivity index (χ4v) is 4.34. The number of benzene rings is 1. The van der Waals surface area contributed by atoms with E-state index in [0.717, 1.165) is 12.0 Å². The summed E-state index contributed by atoms with van der Waals surface area (Å²) < 4.78 is 0. The number of nitrogens with two attached hydrogens (primary N) is 1. The Kier molecular flexibility index (Phi) is 16.3. The van der Waals surface area contributed by atoms with Crippen molar-refractivity contribution in [2.45, 2.75) is 135 Å². The molecule has 1 atom stereocenters. The van der Waals surface area contributed by atoms with Crippen LogP contribution in [0.5, 0.6) is 0 Å². The standard InChI is InChI=1S/C22H36O2.C6H13N/c1-3-4-5-6-7-8-9-10-11-12-13-20-14-16-21(17-15-20)19(2)18-22(23)24;7-6-4-2-1-3-5-6/h14-17,19H,3-13,18H2,1-2H3,(H,23,24);6H,1-5,7H2. The van der Waals surface area contributed by atoms with Crippen LogP contribution < -0.4 is 5.73 Å². The van der Waals surface area contributed by atoms with Gasteiger partial charge in [-0.1, -0.05) is 115 Å². The third-order valence-electron chi connectivity index (χ3n) is 6.50. The first-order valence-corrected chi connectivity index (χ1v) is 13.1. The predicted octanol–water partition coefficient (Wildman–Crippen LogP) is 8.01. The van der Waals surface area contributed by atoms with E-state index in [1.54, 1.807) is 0 Å². The third kappa shape index (κ3) is 15.1. The molecule has 1 aliphatic carbocycles. The normalized spacial score (nSPS) is 15.2. The molecule has 1 aliphatic rings. The largest absolute Gasteiger partial charge is 0.481 e. The zero-order chi connectivity index (χ0) is 22.7. The van der Waals surface area contributed by atoms with Gasteiger partial charge in [0.05, 0.1) is 6.42 Å². The first kappa shape index (κ1) is 27.7. The number of rotatable bonds is 14. The van der Waals surface area contributed by atoms with E-state index in [9.17, 15) is 4.79 Å². The maximum Gasteiger partial charge on any atom is 0.303 e. The van der Waals surface area contributed by atoms with Crippen molar-refractivity contribution < 1.29 is 9.90 Å². The number of carboxylic acids is 1. The first-order valence-electron chi connectivity index (χ1n) is 13.1. The first-order chi connectivity index (χ1) is 15.0. The highest BCUT2D eigenvalue weighted by Crippen LogP contribution is 2.20. The summed E-state index contributed by atoms with van der Waals surface area (Å²) in [5.74, 6) is -0.634. The molecule has 3 nitrogen and oxygen atoms in total. The molecule has 0 aromatic heterocycles. The second-order valence-corrected chi connectivity index (χ2v) is 9.57. The minimum atomic E-state index is -0.725. The highest BCUT2D eigenvalue weighted by molar-refractivity contribution is 5.67. The van der Waals surface area contributed by atoms with Crippen LogP contribution in [0.25, 0.3) is 0 Å². The van der Waals surface area contributed by atoms with Gasteiger partial charge in [-0.15, -0.1) is 0 Å². The smallest absolute Gasteiger partial charge is 0.303 e. The fourth-order valence-electron chi connectivity index (χ4n) is 4.34. The van der Waals surface area contributed by atoms with Gasteiger partial charge in [-0.2, -0.15) is 0 Å². The van der Waals surface area contributed by atoms with Gasteiger partial charge in [-0.3, -0.25) is 4.79 Å². The monoisotopic (exact) mass is 431 g/mol. The molecule has 178 valence electrons. The molecule has 0 amide bonds. The van der Waals surface area contributed by atoms with Crippen LogP contribution in [-0.2, 0) is 11.2 Å². The number of carbonyl (C=O) groups is 1. The van der Waals surface area contributed by atoms with E-state index in [1.165, 1.54) is 102 Å². The van der Waals surface area contributed by atoms with Crippen molar-refractivity contribution in [3.63, 3.8) is 0 Å². The summed E-state index contributed by atoms with van der Waals surface area (Å²) in [4.78, 5) is 10.8. The lowest BCUT2D eigenvalue weighted by atomic mass is 9.95. The predicted molar refractivity (Wildman–Crippen MR) is 134 cm³/mol. The quantitative estimate of drug-likeness (QED) is 0.293. The van der Waals surface area contributed by atoms with Crippen LogP contribution in [0.15, 0.2) is 24.3 Å². The summed E-state index contributed by atoms with van der Waals surface area (Å²) in [6, 6.07) is 9.06. The Hall–Kier alpha value is -1.35. The molecule has 1 fully saturated rings. The van der Waals surface area contributed by atoms with E-state index < -0.39 is 5.97 Å². The van der Waals surface area contributed by atoms with Gasteiger partial charge in [0.25, 0.3) is 0 Å². The molecule has 1 saturated carbocycles. The molecule has 3 heteroatoms. The van der Waals surface area contributed by atoms with Gasteiger partial charge in [0.1, 0.15) is 0 Å². The molecular formula is C28H49NO2. The van der Waals surface area contributed by atoms with Crippen LogP contribution >= 0.6 is 0 Å². The molecule has 0 bridgehead atoms. The Morgan fingerprint density at radius 1 is 0.903 bits per heavy atom. The van der Waals surface area contributed by atoms with Crippen molar-refractivity contribution in [1.29, 1.82) is 0 Å². The van der Waals surface area contributed by atoms with Crippen molar-refractivity contribution in [1.82, 2.24) is 0 Å². The van der Waals surface area contributed by atoms with Crippen LogP contribution in [-0.4, -0.2) is 17.1 Å². The molecule has 1 aromatic rings. The second-order valence-electron chi connectivity index (χ2n) is 9.57. The lowest BCUT2D eigenvalue weighted by molar-refractivity contribution is -0.137. The molecule has 0 radical (unpaired) electrons.